The Hall–Kier alpha value is -2.22. The summed E-state index contributed by atoms with van der Waals surface area (Å²) in [6, 6.07) is 16.7. The Balaban J connectivity index is 2.02. The van der Waals surface area contributed by atoms with E-state index in [-0.39, 0.29) is 11.8 Å². The van der Waals surface area contributed by atoms with Gasteiger partial charge in [-0.15, -0.1) is 0 Å². The number of nitrogens with one attached hydrogen (secondary N) is 1. The highest BCUT2D eigenvalue weighted by Crippen LogP contribution is 2.47. The number of rotatable bonds is 5. The maximum Gasteiger partial charge on any atom is 0.202 e. The van der Waals surface area contributed by atoms with Crippen molar-refractivity contribution in [2.75, 3.05) is 0 Å². The van der Waals surface area contributed by atoms with Crippen LogP contribution < -0.4 is 0 Å². The molecule has 2 heteroatoms. The van der Waals surface area contributed by atoms with Crippen LogP contribution in [0, 0.1) is 11.3 Å². The molecule has 98 valence electrons. The van der Waals surface area contributed by atoms with Crippen molar-refractivity contribution in [2.24, 2.45) is 5.92 Å². The average Bonchev–Trinajstić information content (AvgIpc) is 2.82. The summed E-state index contributed by atoms with van der Waals surface area (Å²) in [5.41, 5.74) is 5.08. The van der Waals surface area contributed by atoms with E-state index >= 15 is 0 Å². The quantitative estimate of drug-likeness (QED) is 0.816. The Kier molecular flexibility index (Phi) is 3.46. The van der Waals surface area contributed by atoms with Crippen molar-refractivity contribution >= 4 is 12.5 Å². The summed E-state index contributed by atoms with van der Waals surface area (Å²) in [4.78, 5) is 11.1. The molecule has 0 amide bonds. The van der Waals surface area contributed by atoms with Crippen molar-refractivity contribution in [2.45, 2.75) is 18.8 Å². The van der Waals surface area contributed by atoms with Crippen LogP contribution in [0.2, 0.25) is 0 Å². The molecule has 1 N–H and O–H groups in total. The zero-order chi connectivity index (χ0) is 13.9. The summed E-state index contributed by atoms with van der Waals surface area (Å²) >= 11 is 0. The summed E-state index contributed by atoms with van der Waals surface area (Å²) in [5.74, 6) is -0.0288. The predicted molar refractivity (Wildman–Crippen MR) is 79.9 cm³/mol. The van der Waals surface area contributed by atoms with Gasteiger partial charge in [-0.3, -0.25) is 4.79 Å². The lowest BCUT2D eigenvalue weighted by atomic mass is 9.86. The first kappa shape index (κ1) is 12.8. The summed E-state index contributed by atoms with van der Waals surface area (Å²) in [6.07, 6.45) is 5.44. The van der Waals surface area contributed by atoms with E-state index in [0.29, 0.717) is 12.8 Å². The van der Waals surface area contributed by atoms with Gasteiger partial charge in [0.2, 0.25) is 6.29 Å². The second-order valence-electron chi connectivity index (χ2n) is 5.16. The molecule has 2 radical (unpaired) electrons. The molecule has 0 aromatic heterocycles. The lowest BCUT2D eigenvalue weighted by molar-refractivity contribution is 0.502. The lowest BCUT2D eigenvalue weighted by Crippen LogP contribution is -2.09. The largest absolute Gasteiger partial charge is 0.303 e. The summed E-state index contributed by atoms with van der Waals surface area (Å²) in [5, 5.41) is 7.07. The Morgan fingerprint density at radius 1 is 1.00 bits per heavy atom. The van der Waals surface area contributed by atoms with Crippen molar-refractivity contribution in [3.63, 3.8) is 0 Å². The number of carbonyl (C=O) groups excluding carboxylic acids is 1. The predicted octanol–water partition coefficient (Wildman–Crippen LogP) is 3.83. The van der Waals surface area contributed by atoms with Crippen LogP contribution >= 0.6 is 0 Å². The van der Waals surface area contributed by atoms with E-state index in [4.69, 9.17) is 5.41 Å². The highest BCUT2D eigenvalue weighted by atomic mass is 16.1. The van der Waals surface area contributed by atoms with Gasteiger partial charge in [-0.05, 0) is 28.7 Å². The molecule has 2 aromatic rings. The molecule has 0 saturated heterocycles. The first-order chi connectivity index (χ1) is 9.85. The van der Waals surface area contributed by atoms with Crippen molar-refractivity contribution in [3.8, 4) is 11.1 Å². The molecule has 0 fully saturated rings. The summed E-state index contributed by atoms with van der Waals surface area (Å²) < 4.78 is 0. The highest BCUT2D eigenvalue weighted by Gasteiger charge is 2.29. The van der Waals surface area contributed by atoms with E-state index in [0.717, 1.165) is 0 Å². The zero-order valence-electron chi connectivity index (χ0n) is 11.1. The van der Waals surface area contributed by atoms with Crippen LogP contribution in [0.3, 0.4) is 0 Å². The van der Waals surface area contributed by atoms with Crippen molar-refractivity contribution in [1.82, 2.24) is 0 Å². The fraction of sp³-hybridized carbons (Fsp3) is 0.222. The van der Waals surface area contributed by atoms with Gasteiger partial charge in [0.15, 0.2) is 0 Å². The van der Waals surface area contributed by atoms with Gasteiger partial charge >= 0.3 is 0 Å². The average molecular weight is 261 g/mol. The maximum absolute atomic E-state index is 11.1. The van der Waals surface area contributed by atoms with Gasteiger partial charge in [-0.2, -0.15) is 0 Å². The fourth-order valence-electron chi connectivity index (χ4n) is 3.09. The van der Waals surface area contributed by atoms with Crippen LogP contribution in [-0.4, -0.2) is 12.5 Å². The molecule has 1 aliphatic rings. The SMILES string of the molecule is N=[C]CC([C]=O)CC1c2ccccc2-c2ccccc21. The number of hydrogen-bond acceptors (Lipinski definition) is 2. The van der Waals surface area contributed by atoms with Crippen LogP contribution in [-0.2, 0) is 4.79 Å². The van der Waals surface area contributed by atoms with Gasteiger partial charge < -0.3 is 5.41 Å². The first-order valence-electron chi connectivity index (χ1n) is 6.80. The van der Waals surface area contributed by atoms with Gasteiger partial charge in [-0.25, -0.2) is 0 Å². The van der Waals surface area contributed by atoms with Gasteiger partial charge in [0.05, 0.1) is 6.21 Å². The standard InChI is InChI=1S/C18H15NO/c19-10-9-13(12-20)11-18-16-7-3-1-5-14(16)15-6-2-4-8-17(15)18/h1-8,13,18-19H,9,11H2. The Morgan fingerprint density at radius 3 is 2.05 bits per heavy atom. The molecule has 0 heterocycles. The molecule has 1 atom stereocenters. The lowest BCUT2D eigenvalue weighted by Gasteiger charge is -2.16. The topological polar surface area (TPSA) is 40.9 Å². The third-order valence-corrected chi connectivity index (χ3v) is 4.00. The zero-order valence-corrected chi connectivity index (χ0v) is 11.1. The number of hydrogen-bond donors (Lipinski definition) is 1. The van der Waals surface area contributed by atoms with E-state index in [2.05, 4.69) is 36.8 Å². The smallest absolute Gasteiger partial charge is 0.202 e. The molecule has 3 rings (SSSR count). The second-order valence-corrected chi connectivity index (χ2v) is 5.16. The van der Waals surface area contributed by atoms with Gasteiger partial charge in [0, 0.05) is 18.3 Å². The van der Waals surface area contributed by atoms with Crippen LogP contribution in [0.5, 0.6) is 0 Å². The summed E-state index contributed by atoms with van der Waals surface area (Å²) in [6.45, 7) is 0. The molecular formula is C18H15NO. The molecule has 0 saturated carbocycles. The normalized spacial score (nSPS) is 14.4. The van der Waals surface area contributed by atoms with Gasteiger partial charge in [-0.1, -0.05) is 48.5 Å². The van der Waals surface area contributed by atoms with Crippen LogP contribution in [0.15, 0.2) is 48.5 Å². The molecule has 1 unspecified atom stereocenters. The summed E-state index contributed by atoms with van der Waals surface area (Å²) in [7, 11) is 0. The van der Waals surface area contributed by atoms with Crippen LogP contribution in [0.25, 0.3) is 11.1 Å². The Morgan fingerprint density at radius 2 is 1.55 bits per heavy atom. The third-order valence-electron chi connectivity index (χ3n) is 4.00. The van der Waals surface area contributed by atoms with Crippen molar-refractivity contribution in [1.29, 1.82) is 5.41 Å². The molecule has 1 aliphatic carbocycles. The minimum atomic E-state index is -0.253. The number of benzene rings is 2. The van der Waals surface area contributed by atoms with E-state index in [1.54, 1.807) is 0 Å². The molecule has 20 heavy (non-hydrogen) atoms. The minimum absolute atomic E-state index is 0.224. The van der Waals surface area contributed by atoms with E-state index in [1.165, 1.54) is 22.3 Å². The molecule has 0 aliphatic heterocycles. The minimum Gasteiger partial charge on any atom is -0.303 e. The third kappa shape index (κ3) is 2.07. The Labute approximate surface area is 119 Å². The van der Waals surface area contributed by atoms with Crippen LogP contribution in [0.4, 0.5) is 0 Å². The molecule has 2 nitrogen and oxygen atoms in total. The van der Waals surface area contributed by atoms with Gasteiger partial charge in [0.1, 0.15) is 0 Å². The molecule has 0 spiro atoms. The Bertz CT molecular complexity index is 602. The fourth-order valence-corrected chi connectivity index (χ4v) is 3.09. The molecule has 2 aromatic carbocycles. The van der Waals surface area contributed by atoms with E-state index < -0.39 is 0 Å². The molecule has 0 bridgehead atoms. The number of fused-ring (bicyclic) bond motifs is 3. The van der Waals surface area contributed by atoms with Crippen LogP contribution in [0.1, 0.15) is 29.9 Å². The van der Waals surface area contributed by atoms with Crippen molar-refractivity contribution in [3.05, 3.63) is 59.7 Å². The maximum atomic E-state index is 11.1. The monoisotopic (exact) mass is 261 g/mol. The van der Waals surface area contributed by atoms with Gasteiger partial charge in [0.25, 0.3) is 0 Å². The highest BCUT2D eigenvalue weighted by molar-refractivity contribution is 5.79. The van der Waals surface area contributed by atoms with E-state index in [1.807, 2.05) is 24.3 Å². The second kappa shape index (κ2) is 5.41. The van der Waals surface area contributed by atoms with E-state index in [9.17, 15) is 4.79 Å². The van der Waals surface area contributed by atoms with Crippen molar-refractivity contribution < 1.29 is 4.79 Å². The molecular weight excluding hydrogens is 246 g/mol. The first-order valence-corrected chi connectivity index (χ1v) is 6.80.